The Morgan fingerprint density at radius 2 is 1.72 bits per heavy atom. The molecule has 0 spiro atoms. The molecular weight excluding hydrogens is 394 g/mol. The SMILES string of the molecule is CCN(Cc1nc(-c2ccc(OC)c(OC)c2)no1)S(=O)(=O)c1ccc(C)cc1. The van der Waals surface area contributed by atoms with Gasteiger partial charge >= 0.3 is 0 Å². The third-order valence-electron chi connectivity index (χ3n) is 4.43. The molecule has 0 aliphatic heterocycles. The van der Waals surface area contributed by atoms with Gasteiger partial charge in [-0.25, -0.2) is 8.42 Å². The summed E-state index contributed by atoms with van der Waals surface area (Å²) in [6, 6.07) is 12.0. The molecule has 0 saturated carbocycles. The maximum atomic E-state index is 12.9. The van der Waals surface area contributed by atoms with Gasteiger partial charge in [-0.2, -0.15) is 9.29 Å². The lowest BCUT2D eigenvalue weighted by molar-refractivity contribution is 0.321. The summed E-state index contributed by atoms with van der Waals surface area (Å²) in [5, 5.41) is 3.97. The first-order chi connectivity index (χ1) is 13.9. The number of sulfonamides is 1. The Balaban J connectivity index is 1.84. The maximum Gasteiger partial charge on any atom is 0.243 e. The van der Waals surface area contributed by atoms with Crippen LogP contribution in [-0.4, -0.2) is 43.6 Å². The first-order valence-corrected chi connectivity index (χ1v) is 10.4. The number of aryl methyl sites for hydroxylation is 1. The summed E-state index contributed by atoms with van der Waals surface area (Å²) < 4.78 is 42.9. The Morgan fingerprint density at radius 3 is 2.34 bits per heavy atom. The van der Waals surface area contributed by atoms with Gasteiger partial charge in [-0.1, -0.05) is 29.8 Å². The van der Waals surface area contributed by atoms with E-state index in [1.807, 2.05) is 6.92 Å². The molecule has 0 amide bonds. The van der Waals surface area contributed by atoms with Crippen LogP contribution in [0.25, 0.3) is 11.4 Å². The number of aromatic nitrogens is 2. The summed E-state index contributed by atoms with van der Waals surface area (Å²) in [6.45, 7) is 3.91. The molecule has 2 aromatic carbocycles. The van der Waals surface area contributed by atoms with Crippen molar-refractivity contribution in [3.63, 3.8) is 0 Å². The summed E-state index contributed by atoms with van der Waals surface area (Å²) in [5.41, 5.74) is 1.66. The minimum atomic E-state index is -3.67. The third-order valence-corrected chi connectivity index (χ3v) is 6.37. The molecule has 0 aliphatic rings. The first kappa shape index (κ1) is 20.8. The monoisotopic (exact) mass is 417 g/mol. The van der Waals surface area contributed by atoms with E-state index in [2.05, 4.69) is 10.1 Å². The van der Waals surface area contributed by atoms with E-state index in [1.54, 1.807) is 63.6 Å². The minimum absolute atomic E-state index is 0.0208. The van der Waals surface area contributed by atoms with Crippen molar-refractivity contribution >= 4 is 10.0 Å². The van der Waals surface area contributed by atoms with E-state index in [0.29, 0.717) is 22.9 Å². The van der Waals surface area contributed by atoms with Crippen molar-refractivity contribution in [2.45, 2.75) is 25.3 Å². The van der Waals surface area contributed by atoms with Crippen LogP contribution in [0.2, 0.25) is 0 Å². The van der Waals surface area contributed by atoms with E-state index >= 15 is 0 Å². The summed E-state index contributed by atoms with van der Waals surface area (Å²) in [6.07, 6.45) is 0. The van der Waals surface area contributed by atoms with Gasteiger partial charge in [0.05, 0.1) is 25.7 Å². The van der Waals surface area contributed by atoms with Gasteiger partial charge in [0.2, 0.25) is 21.7 Å². The molecular formula is C20H23N3O5S. The fourth-order valence-corrected chi connectivity index (χ4v) is 4.19. The van der Waals surface area contributed by atoms with Crippen LogP contribution < -0.4 is 9.47 Å². The van der Waals surface area contributed by atoms with Gasteiger partial charge in [0.15, 0.2) is 11.5 Å². The fraction of sp³-hybridized carbons (Fsp3) is 0.300. The highest BCUT2D eigenvalue weighted by Crippen LogP contribution is 2.31. The molecule has 0 bridgehead atoms. The van der Waals surface area contributed by atoms with Crippen molar-refractivity contribution < 1.29 is 22.4 Å². The molecule has 0 aliphatic carbocycles. The predicted octanol–water partition coefficient (Wildman–Crippen LogP) is 3.27. The van der Waals surface area contributed by atoms with Crippen molar-refractivity contribution in [2.24, 2.45) is 0 Å². The van der Waals surface area contributed by atoms with E-state index < -0.39 is 10.0 Å². The lowest BCUT2D eigenvalue weighted by Gasteiger charge is -2.18. The molecule has 3 rings (SSSR count). The van der Waals surface area contributed by atoms with Gasteiger partial charge in [0, 0.05) is 12.1 Å². The predicted molar refractivity (Wildman–Crippen MR) is 107 cm³/mol. The second-order valence-corrected chi connectivity index (χ2v) is 8.26. The van der Waals surface area contributed by atoms with Crippen molar-refractivity contribution in [1.29, 1.82) is 0 Å². The van der Waals surface area contributed by atoms with Crippen molar-refractivity contribution in [2.75, 3.05) is 20.8 Å². The molecule has 154 valence electrons. The quantitative estimate of drug-likeness (QED) is 0.555. The standard InChI is InChI=1S/C20H23N3O5S/c1-5-23(29(24,25)16-9-6-14(2)7-10-16)13-19-21-20(22-28-19)15-8-11-17(26-3)18(12-15)27-4/h6-12H,5,13H2,1-4H3. The lowest BCUT2D eigenvalue weighted by atomic mass is 10.2. The van der Waals surface area contributed by atoms with Crippen LogP contribution in [-0.2, 0) is 16.6 Å². The highest BCUT2D eigenvalue weighted by atomic mass is 32.2. The Labute approximate surface area is 170 Å². The van der Waals surface area contributed by atoms with Crippen LogP contribution in [0.5, 0.6) is 11.5 Å². The number of benzene rings is 2. The second-order valence-electron chi connectivity index (χ2n) is 6.33. The van der Waals surface area contributed by atoms with Gasteiger partial charge in [-0.05, 0) is 37.3 Å². The van der Waals surface area contributed by atoms with Gasteiger partial charge < -0.3 is 14.0 Å². The van der Waals surface area contributed by atoms with E-state index in [4.69, 9.17) is 14.0 Å². The number of methoxy groups -OCH3 is 2. The Kier molecular flexibility index (Phi) is 6.19. The zero-order valence-electron chi connectivity index (χ0n) is 16.7. The Hall–Kier alpha value is -2.91. The van der Waals surface area contributed by atoms with Crippen LogP contribution in [0, 0.1) is 6.92 Å². The summed E-state index contributed by atoms with van der Waals surface area (Å²) in [7, 11) is -0.579. The van der Waals surface area contributed by atoms with Crippen LogP contribution in [0.1, 0.15) is 18.4 Å². The molecule has 8 nitrogen and oxygen atoms in total. The Morgan fingerprint density at radius 1 is 1.03 bits per heavy atom. The number of ether oxygens (including phenoxy) is 2. The van der Waals surface area contributed by atoms with Crippen molar-refractivity contribution in [3.05, 3.63) is 53.9 Å². The topological polar surface area (TPSA) is 94.8 Å². The van der Waals surface area contributed by atoms with Gasteiger partial charge in [0.25, 0.3) is 0 Å². The summed E-state index contributed by atoms with van der Waals surface area (Å²) in [5.74, 6) is 1.66. The summed E-state index contributed by atoms with van der Waals surface area (Å²) >= 11 is 0. The van der Waals surface area contributed by atoms with E-state index in [0.717, 1.165) is 5.56 Å². The number of rotatable bonds is 8. The highest BCUT2D eigenvalue weighted by Gasteiger charge is 2.25. The zero-order chi connectivity index (χ0) is 21.0. The zero-order valence-corrected chi connectivity index (χ0v) is 17.6. The van der Waals surface area contributed by atoms with E-state index in [-0.39, 0.29) is 23.9 Å². The molecule has 3 aromatic rings. The fourth-order valence-electron chi connectivity index (χ4n) is 2.79. The Bertz CT molecular complexity index is 1080. The number of nitrogens with zero attached hydrogens (tertiary/aromatic N) is 3. The molecule has 9 heteroatoms. The van der Waals surface area contributed by atoms with Gasteiger partial charge in [-0.15, -0.1) is 0 Å². The average molecular weight is 417 g/mol. The lowest BCUT2D eigenvalue weighted by Crippen LogP contribution is -2.30. The van der Waals surface area contributed by atoms with Crippen molar-refractivity contribution in [3.8, 4) is 22.9 Å². The molecule has 1 aromatic heterocycles. The second kappa shape index (κ2) is 8.62. The van der Waals surface area contributed by atoms with Gasteiger partial charge in [0.1, 0.15) is 0 Å². The minimum Gasteiger partial charge on any atom is -0.493 e. The largest absolute Gasteiger partial charge is 0.493 e. The molecule has 0 radical (unpaired) electrons. The van der Waals surface area contributed by atoms with Crippen LogP contribution in [0.3, 0.4) is 0 Å². The van der Waals surface area contributed by atoms with E-state index in [9.17, 15) is 8.42 Å². The van der Waals surface area contributed by atoms with Crippen LogP contribution >= 0.6 is 0 Å². The highest BCUT2D eigenvalue weighted by molar-refractivity contribution is 7.89. The molecule has 0 N–H and O–H groups in total. The van der Waals surface area contributed by atoms with E-state index in [1.165, 1.54) is 4.31 Å². The number of hydrogen-bond acceptors (Lipinski definition) is 7. The normalized spacial score (nSPS) is 11.6. The molecule has 1 heterocycles. The maximum absolute atomic E-state index is 12.9. The molecule has 0 unspecified atom stereocenters. The van der Waals surface area contributed by atoms with Gasteiger partial charge in [-0.3, -0.25) is 0 Å². The third kappa shape index (κ3) is 4.41. The van der Waals surface area contributed by atoms with Crippen LogP contribution in [0.15, 0.2) is 51.9 Å². The van der Waals surface area contributed by atoms with Crippen molar-refractivity contribution in [1.82, 2.24) is 14.4 Å². The first-order valence-electron chi connectivity index (χ1n) is 9.00. The molecule has 0 fully saturated rings. The molecule has 0 atom stereocenters. The summed E-state index contributed by atoms with van der Waals surface area (Å²) in [4.78, 5) is 4.57. The smallest absolute Gasteiger partial charge is 0.243 e. The average Bonchev–Trinajstić information content (AvgIpc) is 3.20. The molecule has 0 saturated heterocycles. The number of hydrogen-bond donors (Lipinski definition) is 0. The molecule has 29 heavy (non-hydrogen) atoms. The van der Waals surface area contributed by atoms with Crippen LogP contribution in [0.4, 0.5) is 0 Å².